The van der Waals surface area contributed by atoms with Gasteiger partial charge in [0.25, 0.3) is 11.8 Å². The molecule has 2 aliphatic rings. The summed E-state index contributed by atoms with van der Waals surface area (Å²) in [6, 6.07) is 14.2. The molecule has 6 rings (SSSR count). The number of anilines is 1. The van der Waals surface area contributed by atoms with Crippen LogP contribution in [0, 0.1) is 17.5 Å². The first-order valence-electron chi connectivity index (χ1n) is 13.6. The standard InChI is InChI=1S/C31H24F3N7O4/c1-45-30(44)38-29-36-13-18-15-40(16-25(18)37-29)26(42)23-12-17(2-11-24(23)34)14-41-27(43)31(39-28(41)35,19-3-7-21(32)8-4-19)20-5-9-22(33)10-6-20/h2-13H,14-16H2,1H3,(H2,35,39)(H,36,37,38,44). The Kier molecular flexibility index (Phi) is 7.40. The fraction of sp³-hybridized carbons (Fsp3) is 0.161. The van der Waals surface area contributed by atoms with E-state index in [-0.39, 0.29) is 37.1 Å². The van der Waals surface area contributed by atoms with Gasteiger partial charge < -0.3 is 15.4 Å². The Morgan fingerprint density at radius 2 is 1.62 bits per heavy atom. The first-order valence-corrected chi connectivity index (χ1v) is 13.6. The van der Waals surface area contributed by atoms with Crippen molar-refractivity contribution in [1.82, 2.24) is 19.8 Å². The van der Waals surface area contributed by atoms with Gasteiger partial charge in [-0.15, -0.1) is 0 Å². The van der Waals surface area contributed by atoms with Crippen LogP contribution in [0.25, 0.3) is 0 Å². The monoisotopic (exact) mass is 615 g/mol. The minimum atomic E-state index is -1.73. The SMILES string of the molecule is COC(=O)Nc1ncc2c(n1)CN(C(=O)c1cc(CN3C(=O)C(c4ccc(F)cc4)(c4ccc(F)cc4)N=C3N)ccc1F)C2. The molecule has 3 heterocycles. The van der Waals surface area contributed by atoms with Gasteiger partial charge >= 0.3 is 6.09 Å². The summed E-state index contributed by atoms with van der Waals surface area (Å²) < 4.78 is 47.2. The molecule has 0 saturated heterocycles. The van der Waals surface area contributed by atoms with E-state index >= 15 is 4.39 Å². The second-order valence-corrected chi connectivity index (χ2v) is 10.3. The quantitative estimate of drug-likeness (QED) is 0.336. The number of aliphatic imine (C=N–C) groups is 1. The molecule has 4 aromatic rings. The van der Waals surface area contributed by atoms with E-state index in [1.54, 1.807) is 0 Å². The van der Waals surface area contributed by atoms with Crippen molar-refractivity contribution in [3.05, 3.63) is 124 Å². The summed E-state index contributed by atoms with van der Waals surface area (Å²) in [6.07, 6.45) is 0.706. The van der Waals surface area contributed by atoms with Crippen LogP contribution in [-0.4, -0.2) is 50.7 Å². The van der Waals surface area contributed by atoms with Crippen LogP contribution in [0.2, 0.25) is 0 Å². The normalized spacial score (nSPS) is 15.1. The smallest absolute Gasteiger partial charge is 0.413 e. The zero-order chi connectivity index (χ0) is 31.9. The number of ether oxygens (including phenoxy) is 1. The lowest BCUT2D eigenvalue weighted by Gasteiger charge is -2.27. The van der Waals surface area contributed by atoms with E-state index in [4.69, 9.17) is 5.73 Å². The summed E-state index contributed by atoms with van der Waals surface area (Å²) in [5.41, 5.74) is 6.39. The summed E-state index contributed by atoms with van der Waals surface area (Å²) in [4.78, 5) is 54.4. The van der Waals surface area contributed by atoms with Gasteiger partial charge in [0.15, 0.2) is 11.5 Å². The molecule has 2 aliphatic heterocycles. The van der Waals surface area contributed by atoms with Crippen LogP contribution in [0.4, 0.5) is 23.9 Å². The van der Waals surface area contributed by atoms with Crippen LogP contribution in [0.3, 0.4) is 0 Å². The van der Waals surface area contributed by atoms with Crippen LogP contribution in [-0.2, 0) is 34.7 Å². The van der Waals surface area contributed by atoms with Crippen molar-refractivity contribution < 1.29 is 32.3 Å². The maximum atomic E-state index is 15.0. The molecule has 1 aromatic heterocycles. The number of hydrogen-bond acceptors (Lipinski definition) is 8. The first-order chi connectivity index (χ1) is 21.6. The maximum Gasteiger partial charge on any atom is 0.413 e. The van der Waals surface area contributed by atoms with Gasteiger partial charge in [-0.05, 0) is 53.1 Å². The van der Waals surface area contributed by atoms with Crippen molar-refractivity contribution in [2.24, 2.45) is 10.7 Å². The van der Waals surface area contributed by atoms with E-state index in [0.717, 1.165) is 6.07 Å². The lowest BCUT2D eigenvalue weighted by Crippen LogP contribution is -2.43. The van der Waals surface area contributed by atoms with Crippen molar-refractivity contribution in [2.45, 2.75) is 25.2 Å². The van der Waals surface area contributed by atoms with Gasteiger partial charge in [-0.25, -0.2) is 32.9 Å². The molecule has 0 atom stereocenters. The Morgan fingerprint density at radius 3 is 2.24 bits per heavy atom. The van der Waals surface area contributed by atoms with Gasteiger partial charge in [0.05, 0.1) is 31.5 Å². The van der Waals surface area contributed by atoms with Gasteiger partial charge in [0.1, 0.15) is 17.5 Å². The molecule has 0 aliphatic carbocycles. The summed E-state index contributed by atoms with van der Waals surface area (Å²) in [7, 11) is 1.19. The first kappa shape index (κ1) is 29.3. The summed E-state index contributed by atoms with van der Waals surface area (Å²) in [5, 5.41) is 2.35. The topological polar surface area (TPSA) is 143 Å². The number of guanidine groups is 1. The zero-order valence-corrected chi connectivity index (χ0v) is 23.6. The van der Waals surface area contributed by atoms with Crippen LogP contribution in [0.15, 0.2) is 77.9 Å². The molecule has 0 fully saturated rings. The molecule has 228 valence electrons. The van der Waals surface area contributed by atoms with Crippen LogP contribution in [0.5, 0.6) is 0 Å². The molecule has 3 amide bonds. The molecule has 3 aromatic carbocycles. The molecule has 3 N–H and O–H groups in total. The van der Waals surface area contributed by atoms with Gasteiger partial charge in [0.2, 0.25) is 5.95 Å². The van der Waals surface area contributed by atoms with E-state index in [1.807, 2.05) is 0 Å². The largest absolute Gasteiger partial charge is 0.453 e. The Bertz CT molecular complexity index is 1820. The number of methoxy groups -OCH3 is 1. The Hall–Kier alpha value is -5.79. The molecule has 45 heavy (non-hydrogen) atoms. The van der Waals surface area contributed by atoms with E-state index in [1.165, 1.54) is 83.8 Å². The fourth-order valence-corrected chi connectivity index (χ4v) is 5.34. The number of carbonyl (C=O) groups is 3. The highest BCUT2D eigenvalue weighted by Gasteiger charge is 2.50. The highest BCUT2D eigenvalue weighted by atomic mass is 19.1. The van der Waals surface area contributed by atoms with Gasteiger partial charge in [-0.2, -0.15) is 0 Å². The van der Waals surface area contributed by atoms with E-state index in [0.29, 0.717) is 27.9 Å². The predicted molar refractivity (Wildman–Crippen MR) is 154 cm³/mol. The molecule has 0 saturated carbocycles. The van der Waals surface area contributed by atoms with Crippen LogP contribution in [0.1, 0.15) is 38.3 Å². The van der Waals surface area contributed by atoms with E-state index in [9.17, 15) is 23.2 Å². The number of hydrogen-bond donors (Lipinski definition) is 2. The van der Waals surface area contributed by atoms with E-state index < -0.39 is 40.9 Å². The Balaban J connectivity index is 1.26. The number of halogens is 3. The minimum absolute atomic E-state index is 0.00467. The third kappa shape index (κ3) is 5.30. The number of amides is 3. The molecule has 14 heteroatoms. The molecule has 0 unspecified atom stereocenters. The number of carbonyl (C=O) groups excluding carboxylic acids is 3. The molecule has 11 nitrogen and oxygen atoms in total. The van der Waals surface area contributed by atoms with Gasteiger partial charge in [0, 0.05) is 18.3 Å². The maximum absolute atomic E-state index is 15.0. The molecular formula is C31H24F3N7O4. The summed E-state index contributed by atoms with van der Waals surface area (Å²) in [6.45, 7) is -0.0240. The van der Waals surface area contributed by atoms with Gasteiger partial charge in [-0.3, -0.25) is 19.8 Å². The fourth-order valence-electron chi connectivity index (χ4n) is 5.34. The molecule has 0 spiro atoms. The number of nitrogens with two attached hydrogens (primary N) is 1. The summed E-state index contributed by atoms with van der Waals surface area (Å²) in [5.74, 6) is -3.23. The highest BCUT2D eigenvalue weighted by molar-refractivity contribution is 6.09. The second-order valence-electron chi connectivity index (χ2n) is 10.3. The van der Waals surface area contributed by atoms with Crippen molar-refractivity contribution in [2.75, 3.05) is 12.4 Å². The molecular weight excluding hydrogens is 591 g/mol. The molecule has 0 radical (unpaired) electrons. The number of nitrogens with zero attached hydrogens (tertiary/aromatic N) is 5. The number of rotatable bonds is 6. The molecule has 0 bridgehead atoms. The average molecular weight is 616 g/mol. The minimum Gasteiger partial charge on any atom is -0.453 e. The van der Waals surface area contributed by atoms with Crippen LogP contribution >= 0.6 is 0 Å². The third-order valence-electron chi connectivity index (χ3n) is 7.58. The van der Waals surface area contributed by atoms with Gasteiger partial charge in [-0.1, -0.05) is 30.3 Å². The Labute approximate surface area is 254 Å². The van der Waals surface area contributed by atoms with Crippen molar-refractivity contribution in [3.8, 4) is 0 Å². The van der Waals surface area contributed by atoms with Crippen molar-refractivity contribution in [1.29, 1.82) is 0 Å². The number of nitrogens with one attached hydrogen (secondary N) is 1. The predicted octanol–water partition coefficient (Wildman–Crippen LogP) is 3.83. The third-order valence-corrected chi connectivity index (χ3v) is 7.58. The Morgan fingerprint density at radius 1 is 0.978 bits per heavy atom. The highest BCUT2D eigenvalue weighted by Crippen LogP contribution is 2.40. The zero-order valence-electron chi connectivity index (χ0n) is 23.6. The van der Waals surface area contributed by atoms with Crippen LogP contribution < -0.4 is 11.1 Å². The average Bonchev–Trinajstić information content (AvgIpc) is 3.57. The summed E-state index contributed by atoms with van der Waals surface area (Å²) >= 11 is 0. The lowest BCUT2D eigenvalue weighted by atomic mass is 9.82. The number of benzene rings is 3. The van der Waals surface area contributed by atoms with Crippen molar-refractivity contribution >= 4 is 29.8 Å². The number of fused-ring (bicyclic) bond motifs is 1. The number of aromatic nitrogens is 2. The van der Waals surface area contributed by atoms with E-state index in [2.05, 4.69) is 25.0 Å². The van der Waals surface area contributed by atoms with Crippen molar-refractivity contribution in [3.63, 3.8) is 0 Å². The lowest BCUT2D eigenvalue weighted by molar-refractivity contribution is -0.130. The second kappa shape index (κ2) is 11.4.